The van der Waals surface area contributed by atoms with E-state index < -0.39 is 6.10 Å². The van der Waals surface area contributed by atoms with E-state index in [2.05, 4.69) is 30.6 Å². The van der Waals surface area contributed by atoms with Crippen molar-refractivity contribution < 1.29 is 5.11 Å². The van der Waals surface area contributed by atoms with Gasteiger partial charge >= 0.3 is 0 Å². The average Bonchev–Trinajstić information content (AvgIpc) is 2.51. The van der Waals surface area contributed by atoms with E-state index in [0.717, 1.165) is 12.4 Å². The molecule has 2 heterocycles. The second-order valence-electron chi connectivity index (χ2n) is 5.17. The van der Waals surface area contributed by atoms with Crippen LogP contribution in [0.2, 0.25) is 0 Å². The summed E-state index contributed by atoms with van der Waals surface area (Å²) in [5.41, 5.74) is 1.35. The molecule has 3 N–H and O–H groups in total. The lowest BCUT2D eigenvalue weighted by atomic mass is 10.3. The van der Waals surface area contributed by atoms with Gasteiger partial charge in [-0.3, -0.25) is 0 Å². The van der Waals surface area contributed by atoms with Gasteiger partial charge in [0.05, 0.1) is 12.3 Å². The van der Waals surface area contributed by atoms with E-state index in [4.69, 9.17) is 0 Å². The van der Waals surface area contributed by atoms with Crippen LogP contribution in [0.1, 0.15) is 20.3 Å². The average molecular weight is 305 g/mol. The first kappa shape index (κ1) is 16.2. The predicted octanol–water partition coefficient (Wildman–Crippen LogP) is 1.10. The lowest BCUT2D eigenvalue weighted by molar-refractivity contribution is 0.183. The smallest absolute Gasteiger partial charge is 0.225 e. The Labute approximate surface area is 130 Å². The maximum absolute atomic E-state index is 9.61. The molecule has 0 aliphatic carbocycles. The molecule has 0 amide bonds. The zero-order valence-corrected chi connectivity index (χ0v) is 13.5. The number of nitrogens with zero attached hydrogens (tertiary/aromatic N) is 5. The Bertz CT molecular complexity index is 632. The van der Waals surface area contributed by atoms with Gasteiger partial charge in [-0.1, -0.05) is 6.92 Å². The molecular formula is C14H23N7O. The van der Waals surface area contributed by atoms with Crippen LogP contribution in [-0.2, 0) is 0 Å². The molecule has 1 atom stereocenters. The quantitative estimate of drug-likeness (QED) is 0.699. The maximum Gasteiger partial charge on any atom is 0.225 e. The van der Waals surface area contributed by atoms with Gasteiger partial charge in [-0.2, -0.15) is 4.98 Å². The van der Waals surface area contributed by atoms with Gasteiger partial charge in [-0.15, -0.1) is 0 Å². The van der Waals surface area contributed by atoms with Crippen LogP contribution >= 0.6 is 0 Å². The normalized spacial score (nSPS) is 12.2. The van der Waals surface area contributed by atoms with Crippen molar-refractivity contribution in [2.45, 2.75) is 26.4 Å². The number of anilines is 3. The molecule has 0 radical (unpaired) electrons. The number of fused-ring (bicyclic) bond motifs is 1. The van der Waals surface area contributed by atoms with Gasteiger partial charge in [-0.25, -0.2) is 15.0 Å². The predicted molar refractivity (Wildman–Crippen MR) is 88.4 cm³/mol. The van der Waals surface area contributed by atoms with Crippen LogP contribution in [0.3, 0.4) is 0 Å². The van der Waals surface area contributed by atoms with E-state index in [-0.39, 0.29) is 0 Å². The Balaban J connectivity index is 2.37. The van der Waals surface area contributed by atoms with Crippen molar-refractivity contribution in [3.8, 4) is 0 Å². The molecule has 2 aromatic rings. The summed E-state index contributed by atoms with van der Waals surface area (Å²) >= 11 is 0. The summed E-state index contributed by atoms with van der Waals surface area (Å²) in [6.45, 7) is 5.07. The molecule has 2 rings (SSSR count). The van der Waals surface area contributed by atoms with Gasteiger partial charge in [0, 0.05) is 27.2 Å². The van der Waals surface area contributed by atoms with Crippen molar-refractivity contribution in [1.82, 2.24) is 19.9 Å². The van der Waals surface area contributed by atoms with Crippen molar-refractivity contribution in [1.29, 1.82) is 0 Å². The molecule has 22 heavy (non-hydrogen) atoms. The lowest BCUT2D eigenvalue weighted by Gasteiger charge is -2.15. The fraction of sp³-hybridized carbons (Fsp3) is 0.571. The standard InChI is InChI=1S/C14H23N7O/c1-5-9(22)7-16-13-17-8-10-11(19-13)12(21(3)4)20-14(18-10)15-6-2/h8-9,22H,5-7H2,1-4H3,(H,15,18,20)(H,16,17,19). The first-order chi connectivity index (χ1) is 10.5. The first-order valence-corrected chi connectivity index (χ1v) is 7.43. The largest absolute Gasteiger partial charge is 0.391 e. The fourth-order valence-electron chi connectivity index (χ4n) is 1.90. The summed E-state index contributed by atoms with van der Waals surface area (Å²) in [6, 6.07) is 0. The summed E-state index contributed by atoms with van der Waals surface area (Å²) in [4.78, 5) is 19.5. The minimum Gasteiger partial charge on any atom is -0.391 e. The number of aliphatic hydroxyl groups excluding tert-OH is 1. The highest BCUT2D eigenvalue weighted by molar-refractivity contribution is 5.86. The van der Waals surface area contributed by atoms with Gasteiger partial charge in [-0.05, 0) is 13.3 Å². The first-order valence-electron chi connectivity index (χ1n) is 7.43. The number of nitrogens with one attached hydrogen (secondary N) is 2. The number of rotatable bonds is 7. The molecule has 0 fully saturated rings. The summed E-state index contributed by atoms with van der Waals surface area (Å²) in [5.74, 6) is 1.75. The Morgan fingerprint density at radius 1 is 1.14 bits per heavy atom. The molecule has 0 aliphatic rings. The fourth-order valence-corrected chi connectivity index (χ4v) is 1.90. The Morgan fingerprint density at radius 2 is 1.91 bits per heavy atom. The van der Waals surface area contributed by atoms with E-state index >= 15 is 0 Å². The Kier molecular flexibility index (Phi) is 5.26. The van der Waals surface area contributed by atoms with Gasteiger partial charge in [0.1, 0.15) is 11.0 Å². The molecule has 0 aromatic carbocycles. The van der Waals surface area contributed by atoms with E-state index in [1.807, 2.05) is 32.8 Å². The highest BCUT2D eigenvalue weighted by atomic mass is 16.3. The molecule has 0 saturated heterocycles. The van der Waals surface area contributed by atoms with Gasteiger partial charge in [0.25, 0.3) is 0 Å². The summed E-state index contributed by atoms with van der Waals surface area (Å²) in [5, 5.41) is 15.7. The topological polar surface area (TPSA) is 99.1 Å². The van der Waals surface area contributed by atoms with Crippen LogP contribution < -0.4 is 15.5 Å². The third kappa shape index (κ3) is 3.70. The number of hydrogen-bond acceptors (Lipinski definition) is 8. The van der Waals surface area contributed by atoms with Crippen molar-refractivity contribution >= 4 is 28.7 Å². The molecule has 0 spiro atoms. The zero-order valence-electron chi connectivity index (χ0n) is 13.5. The minimum absolute atomic E-state index is 0.412. The van der Waals surface area contributed by atoms with Crippen molar-refractivity contribution in [2.24, 2.45) is 0 Å². The second kappa shape index (κ2) is 7.17. The van der Waals surface area contributed by atoms with Crippen LogP contribution in [0.5, 0.6) is 0 Å². The molecular weight excluding hydrogens is 282 g/mol. The third-order valence-electron chi connectivity index (χ3n) is 3.14. The van der Waals surface area contributed by atoms with Crippen LogP contribution in [-0.4, -0.2) is 58.3 Å². The molecule has 120 valence electrons. The summed E-state index contributed by atoms with van der Waals surface area (Å²) in [7, 11) is 3.82. The highest BCUT2D eigenvalue weighted by Gasteiger charge is 2.12. The molecule has 8 nitrogen and oxygen atoms in total. The molecule has 8 heteroatoms. The van der Waals surface area contributed by atoms with Gasteiger partial charge in [0.2, 0.25) is 11.9 Å². The van der Waals surface area contributed by atoms with Crippen molar-refractivity contribution in [2.75, 3.05) is 42.7 Å². The van der Waals surface area contributed by atoms with Gasteiger partial charge < -0.3 is 20.6 Å². The highest BCUT2D eigenvalue weighted by Crippen LogP contribution is 2.22. The van der Waals surface area contributed by atoms with Gasteiger partial charge in [0.15, 0.2) is 5.82 Å². The maximum atomic E-state index is 9.61. The lowest BCUT2D eigenvalue weighted by Crippen LogP contribution is -2.20. The van der Waals surface area contributed by atoms with Crippen LogP contribution in [0.15, 0.2) is 6.20 Å². The summed E-state index contributed by atoms with van der Waals surface area (Å²) in [6.07, 6.45) is 1.93. The van der Waals surface area contributed by atoms with E-state index in [0.29, 0.717) is 35.9 Å². The van der Waals surface area contributed by atoms with E-state index in [1.165, 1.54) is 0 Å². The van der Waals surface area contributed by atoms with Crippen LogP contribution in [0.4, 0.5) is 17.7 Å². The summed E-state index contributed by atoms with van der Waals surface area (Å²) < 4.78 is 0. The Hall–Kier alpha value is -2.22. The van der Waals surface area contributed by atoms with Crippen molar-refractivity contribution in [3.63, 3.8) is 0 Å². The second-order valence-corrected chi connectivity index (χ2v) is 5.17. The molecule has 2 aromatic heterocycles. The molecule has 0 aliphatic heterocycles. The number of hydrogen-bond donors (Lipinski definition) is 3. The van der Waals surface area contributed by atoms with Crippen LogP contribution in [0, 0.1) is 0 Å². The van der Waals surface area contributed by atoms with Crippen molar-refractivity contribution in [3.05, 3.63) is 6.20 Å². The minimum atomic E-state index is -0.417. The molecule has 0 bridgehead atoms. The number of aromatic nitrogens is 4. The van der Waals surface area contributed by atoms with Crippen LogP contribution in [0.25, 0.3) is 11.0 Å². The van der Waals surface area contributed by atoms with E-state index in [9.17, 15) is 5.11 Å². The van der Waals surface area contributed by atoms with E-state index in [1.54, 1.807) is 6.20 Å². The molecule has 0 saturated carbocycles. The monoisotopic (exact) mass is 305 g/mol. The number of aliphatic hydroxyl groups is 1. The zero-order chi connectivity index (χ0) is 16.1. The molecule has 1 unspecified atom stereocenters. The Morgan fingerprint density at radius 3 is 2.55 bits per heavy atom. The third-order valence-corrected chi connectivity index (χ3v) is 3.14. The SMILES string of the molecule is CCNc1nc(N(C)C)c2nc(NCC(O)CC)ncc2n1.